The van der Waals surface area contributed by atoms with Crippen LogP contribution in [0, 0.1) is 0 Å². The van der Waals surface area contributed by atoms with Crippen molar-refractivity contribution in [1.29, 1.82) is 0 Å². The Bertz CT molecular complexity index is 1160. The van der Waals surface area contributed by atoms with Crippen LogP contribution in [-0.2, 0) is 20.9 Å². The first-order chi connectivity index (χ1) is 16.3. The summed E-state index contributed by atoms with van der Waals surface area (Å²) in [6.07, 6.45) is 2.16. The van der Waals surface area contributed by atoms with Gasteiger partial charge in [-0.1, -0.05) is 41.4 Å². The standard InChI is InChI=1S/C26H26Cl2N2O4/c1-3-34-26(33)24-15(2)30(23(31)13-20(24)18-8-11-21(27)22(28)12-18)14-16-4-6-17(7-5-16)25(32)29-19-9-10-19/h4-8,11-12,19-20H,3,9-10,13-14H2,1-2H3,(H,29,32)/t20-/m0/s1. The van der Waals surface area contributed by atoms with E-state index >= 15 is 0 Å². The lowest BCUT2D eigenvalue weighted by atomic mass is 9.83. The second-order valence-electron chi connectivity index (χ2n) is 8.57. The molecule has 4 rings (SSSR count). The van der Waals surface area contributed by atoms with Crippen LogP contribution in [0.3, 0.4) is 0 Å². The van der Waals surface area contributed by atoms with E-state index in [-0.39, 0.29) is 37.4 Å². The predicted molar refractivity (Wildman–Crippen MR) is 131 cm³/mol. The van der Waals surface area contributed by atoms with E-state index in [1.54, 1.807) is 49.1 Å². The van der Waals surface area contributed by atoms with Gasteiger partial charge in [0.25, 0.3) is 5.91 Å². The quantitative estimate of drug-likeness (QED) is 0.527. The zero-order chi connectivity index (χ0) is 24.4. The van der Waals surface area contributed by atoms with Crippen LogP contribution in [-0.4, -0.2) is 35.3 Å². The molecule has 2 aliphatic rings. The Morgan fingerprint density at radius 3 is 2.41 bits per heavy atom. The highest BCUT2D eigenvalue weighted by atomic mass is 35.5. The Morgan fingerprint density at radius 2 is 1.79 bits per heavy atom. The number of allylic oxidation sites excluding steroid dienone is 1. The van der Waals surface area contributed by atoms with Gasteiger partial charge in [0, 0.05) is 29.6 Å². The van der Waals surface area contributed by atoms with E-state index in [1.165, 1.54) is 0 Å². The number of hydrogen-bond donors (Lipinski definition) is 1. The van der Waals surface area contributed by atoms with Crippen molar-refractivity contribution in [2.24, 2.45) is 0 Å². The number of esters is 1. The zero-order valence-corrected chi connectivity index (χ0v) is 20.6. The molecule has 1 aliphatic carbocycles. The van der Waals surface area contributed by atoms with Crippen LogP contribution in [0.15, 0.2) is 53.7 Å². The second kappa shape index (κ2) is 10.2. The van der Waals surface area contributed by atoms with Gasteiger partial charge >= 0.3 is 5.97 Å². The van der Waals surface area contributed by atoms with Gasteiger partial charge in [-0.25, -0.2) is 4.79 Å². The highest BCUT2D eigenvalue weighted by Crippen LogP contribution is 2.39. The number of carbonyl (C=O) groups excluding carboxylic acids is 3. The largest absolute Gasteiger partial charge is 0.463 e. The summed E-state index contributed by atoms with van der Waals surface area (Å²) in [6.45, 7) is 4.01. The van der Waals surface area contributed by atoms with Crippen molar-refractivity contribution in [2.45, 2.75) is 51.6 Å². The summed E-state index contributed by atoms with van der Waals surface area (Å²) in [4.78, 5) is 40.0. The molecule has 1 N–H and O–H groups in total. The van der Waals surface area contributed by atoms with Crippen LogP contribution in [0.25, 0.3) is 0 Å². The molecule has 6 nitrogen and oxygen atoms in total. The van der Waals surface area contributed by atoms with Gasteiger partial charge in [0.2, 0.25) is 5.91 Å². The molecule has 0 radical (unpaired) electrons. The minimum atomic E-state index is -0.480. The SMILES string of the molecule is CCOC(=O)C1=C(C)N(Cc2ccc(C(=O)NC3CC3)cc2)C(=O)C[C@H]1c1ccc(Cl)c(Cl)c1. The van der Waals surface area contributed by atoms with Crippen LogP contribution in [0.5, 0.6) is 0 Å². The maximum absolute atomic E-state index is 13.2. The molecule has 0 saturated heterocycles. The van der Waals surface area contributed by atoms with Crippen LogP contribution in [0.2, 0.25) is 10.0 Å². The number of ether oxygens (including phenoxy) is 1. The highest BCUT2D eigenvalue weighted by molar-refractivity contribution is 6.42. The summed E-state index contributed by atoms with van der Waals surface area (Å²) in [7, 11) is 0. The molecule has 2 amide bonds. The molecule has 2 aromatic rings. The lowest BCUT2D eigenvalue weighted by molar-refractivity contribution is -0.140. The van der Waals surface area contributed by atoms with Crippen molar-refractivity contribution in [2.75, 3.05) is 6.61 Å². The molecule has 34 heavy (non-hydrogen) atoms. The fourth-order valence-corrected chi connectivity index (χ4v) is 4.44. The lowest BCUT2D eigenvalue weighted by Crippen LogP contribution is -2.38. The van der Waals surface area contributed by atoms with Gasteiger partial charge in [0.15, 0.2) is 0 Å². The third kappa shape index (κ3) is 5.29. The van der Waals surface area contributed by atoms with Crippen LogP contribution in [0.1, 0.15) is 60.5 Å². The molecule has 2 aromatic carbocycles. The van der Waals surface area contributed by atoms with Gasteiger partial charge < -0.3 is 15.0 Å². The summed E-state index contributed by atoms with van der Waals surface area (Å²) in [5, 5.41) is 3.73. The molecule has 0 aromatic heterocycles. The van der Waals surface area contributed by atoms with Crippen molar-refractivity contribution >= 4 is 41.0 Å². The molecule has 1 saturated carbocycles. The summed E-state index contributed by atoms with van der Waals surface area (Å²) in [6, 6.07) is 12.6. The van der Waals surface area contributed by atoms with E-state index in [2.05, 4.69) is 5.32 Å². The van der Waals surface area contributed by atoms with Crippen molar-refractivity contribution in [1.82, 2.24) is 10.2 Å². The summed E-state index contributed by atoms with van der Waals surface area (Å²) in [5.41, 5.74) is 3.14. The molecule has 0 bridgehead atoms. The molecule has 1 heterocycles. The third-order valence-electron chi connectivity index (χ3n) is 6.13. The van der Waals surface area contributed by atoms with Crippen molar-refractivity contribution in [3.63, 3.8) is 0 Å². The first-order valence-electron chi connectivity index (χ1n) is 11.3. The van der Waals surface area contributed by atoms with Crippen LogP contribution >= 0.6 is 23.2 Å². The van der Waals surface area contributed by atoms with Crippen LogP contribution in [0.4, 0.5) is 0 Å². The van der Waals surface area contributed by atoms with Crippen molar-refractivity contribution in [3.8, 4) is 0 Å². The second-order valence-corrected chi connectivity index (χ2v) is 9.39. The van der Waals surface area contributed by atoms with Gasteiger partial charge in [-0.3, -0.25) is 9.59 Å². The number of carbonyl (C=O) groups is 3. The van der Waals surface area contributed by atoms with Crippen molar-refractivity contribution in [3.05, 3.63) is 80.5 Å². The smallest absolute Gasteiger partial charge is 0.336 e. The van der Waals surface area contributed by atoms with Crippen molar-refractivity contribution < 1.29 is 19.1 Å². The fourth-order valence-electron chi connectivity index (χ4n) is 4.13. The minimum Gasteiger partial charge on any atom is -0.463 e. The van der Waals surface area contributed by atoms with E-state index in [9.17, 15) is 14.4 Å². The third-order valence-corrected chi connectivity index (χ3v) is 6.87. The minimum absolute atomic E-state index is 0.0896. The first-order valence-corrected chi connectivity index (χ1v) is 12.1. The molecule has 178 valence electrons. The van der Waals surface area contributed by atoms with Gasteiger partial charge in [0.1, 0.15) is 0 Å². The maximum atomic E-state index is 13.2. The molecule has 8 heteroatoms. The van der Waals surface area contributed by atoms with Gasteiger partial charge in [-0.2, -0.15) is 0 Å². The number of nitrogens with one attached hydrogen (secondary N) is 1. The predicted octanol–water partition coefficient (Wildman–Crippen LogP) is 5.24. The number of nitrogens with zero attached hydrogens (tertiary/aromatic N) is 1. The Balaban J connectivity index is 1.61. The summed E-state index contributed by atoms with van der Waals surface area (Å²) in [5.74, 6) is -1.14. The van der Waals surface area contributed by atoms with Crippen LogP contribution < -0.4 is 5.32 Å². The van der Waals surface area contributed by atoms with Gasteiger partial charge in [-0.15, -0.1) is 0 Å². The maximum Gasteiger partial charge on any atom is 0.336 e. The molecule has 1 aliphatic heterocycles. The lowest BCUT2D eigenvalue weighted by Gasteiger charge is -2.34. The molecule has 0 spiro atoms. The van der Waals surface area contributed by atoms with E-state index in [0.29, 0.717) is 26.9 Å². The molecular weight excluding hydrogens is 475 g/mol. The Hall–Kier alpha value is -2.83. The van der Waals surface area contributed by atoms with Gasteiger partial charge in [0.05, 0.1) is 28.8 Å². The average Bonchev–Trinajstić information content (AvgIpc) is 3.62. The molecule has 1 fully saturated rings. The topological polar surface area (TPSA) is 75.7 Å². The number of benzene rings is 2. The monoisotopic (exact) mass is 500 g/mol. The Kier molecular flexibility index (Phi) is 7.29. The number of hydrogen-bond acceptors (Lipinski definition) is 4. The molecular formula is C26H26Cl2N2O4. The first kappa shape index (κ1) is 24.3. The van der Waals surface area contributed by atoms with E-state index in [0.717, 1.165) is 24.0 Å². The fraction of sp³-hybridized carbons (Fsp3) is 0.346. The molecule has 1 atom stereocenters. The summed E-state index contributed by atoms with van der Waals surface area (Å²) < 4.78 is 5.33. The number of amides is 2. The zero-order valence-electron chi connectivity index (χ0n) is 19.1. The van der Waals surface area contributed by atoms with E-state index in [4.69, 9.17) is 27.9 Å². The number of halogens is 2. The highest BCUT2D eigenvalue weighted by Gasteiger charge is 2.37. The average molecular weight is 501 g/mol. The normalized spacial score (nSPS) is 18.2. The summed E-state index contributed by atoms with van der Waals surface area (Å²) >= 11 is 12.3. The Labute approximate surface area is 208 Å². The number of rotatable bonds is 7. The van der Waals surface area contributed by atoms with E-state index < -0.39 is 11.9 Å². The molecule has 0 unspecified atom stereocenters. The Morgan fingerprint density at radius 1 is 1.09 bits per heavy atom. The van der Waals surface area contributed by atoms with E-state index in [1.807, 2.05) is 12.1 Å². The van der Waals surface area contributed by atoms with Gasteiger partial charge in [-0.05, 0) is 62.1 Å².